The first-order valence-electron chi connectivity index (χ1n) is 5.87. The van der Waals surface area contributed by atoms with Crippen LogP contribution in [0.2, 0.25) is 0 Å². The quantitative estimate of drug-likeness (QED) is 0.779. The molecule has 0 amide bonds. The summed E-state index contributed by atoms with van der Waals surface area (Å²) in [7, 11) is 0. The van der Waals surface area contributed by atoms with E-state index in [4.69, 9.17) is 5.11 Å². The predicted molar refractivity (Wildman–Crippen MR) is 60.9 cm³/mol. The standard InChI is InChI=1S/C12H23NO2/c1-12(2,3)7-5-9-13-8-4-6-10(13)11(14)15/h10H,4-9H2,1-3H3,(H,14,15)/t10-/m0/s1. The van der Waals surface area contributed by atoms with Gasteiger partial charge in [-0.05, 0) is 44.2 Å². The Balaban J connectivity index is 2.29. The van der Waals surface area contributed by atoms with Gasteiger partial charge in [0.2, 0.25) is 0 Å². The molecule has 0 saturated carbocycles. The van der Waals surface area contributed by atoms with Crippen molar-refractivity contribution in [1.29, 1.82) is 0 Å². The maximum Gasteiger partial charge on any atom is 0.320 e. The molecule has 88 valence electrons. The molecule has 1 aliphatic rings. The van der Waals surface area contributed by atoms with Crippen molar-refractivity contribution in [3.8, 4) is 0 Å². The van der Waals surface area contributed by atoms with Crippen molar-refractivity contribution in [3.05, 3.63) is 0 Å². The number of hydrogen-bond donors (Lipinski definition) is 1. The van der Waals surface area contributed by atoms with E-state index in [1.807, 2.05) is 0 Å². The Morgan fingerprint density at radius 1 is 1.47 bits per heavy atom. The highest BCUT2D eigenvalue weighted by Crippen LogP contribution is 2.23. The number of hydrogen-bond acceptors (Lipinski definition) is 2. The number of carbonyl (C=O) groups is 1. The minimum absolute atomic E-state index is 0.218. The molecule has 15 heavy (non-hydrogen) atoms. The largest absolute Gasteiger partial charge is 0.480 e. The molecule has 1 saturated heterocycles. The van der Waals surface area contributed by atoms with Crippen LogP contribution in [0.15, 0.2) is 0 Å². The average molecular weight is 213 g/mol. The van der Waals surface area contributed by atoms with Gasteiger partial charge in [-0.25, -0.2) is 0 Å². The lowest BCUT2D eigenvalue weighted by Crippen LogP contribution is -2.36. The van der Waals surface area contributed by atoms with E-state index >= 15 is 0 Å². The Kier molecular flexibility index (Phi) is 4.14. The SMILES string of the molecule is CC(C)(C)CCCN1CCC[C@H]1C(=O)O. The van der Waals surface area contributed by atoms with E-state index in [9.17, 15) is 4.79 Å². The Morgan fingerprint density at radius 3 is 2.67 bits per heavy atom. The zero-order chi connectivity index (χ0) is 11.5. The Bertz CT molecular complexity index is 220. The van der Waals surface area contributed by atoms with Crippen LogP contribution in [0.3, 0.4) is 0 Å². The van der Waals surface area contributed by atoms with Crippen LogP contribution in [0.1, 0.15) is 46.5 Å². The molecule has 0 radical (unpaired) electrons. The zero-order valence-electron chi connectivity index (χ0n) is 10.1. The fourth-order valence-corrected chi connectivity index (χ4v) is 2.19. The number of carboxylic acid groups (broad SMARTS) is 1. The fourth-order valence-electron chi connectivity index (χ4n) is 2.19. The van der Waals surface area contributed by atoms with Crippen LogP contribution in [0.25, 0.3) is 0 Å². The number of aliphatic carboxylic acids is 1. The molecule has 1 fully saturated rings. The van der Waals surface area contributed by atoms with Crippen molar-refractivity contribution in [2.24, 2.45) is 5.41 Å². The van der Waals surface area contributed by atoms with E-state index in [0.29, 0.717) is 5.41 Å². The minimum Gasteiger partial charge on any atom is -0.480 e. The maximum atomic E-state index is 10.9. The molecule has 1 atom stereocenters. The second kappa shape index (κ2) is 4.97. The van der Waals surface area contributed by atoms with Gasteiger partial charge >= 0.3 is 5.97 Å². The van der Waals surface area contributed by atoms with Crippen molar-refractivity contribution in [2.75, 3.05) is 13.1 Å². The first-order chi connectivity index (χ1) is 6.90. The lowest BCUT2D eigenvalue weighted by molar-refractivity contribution is -0.142. The number of nitrogens with zero attached hydrogens (tertiary/aromatic N) is 1. The minimum atomic E-state index is -0.650. The monoisotopic (exact) mass is 213 g/mol. The summed E-state index contributed by atoms with van der Waals surface area (Å²) in [5, 5.41) is 9.00. The highest BCUT2D eigenvalue weighted by molar-refractivity contribution is 5.73. The molecule has 0 spiro atoms. The molecule has 1 aliphatic heterocycles. The molecular weight excluding hydrogens is 190 g/mol. The van der Waals surface area contributed by atoms with Crippen LogP contribution in [0.4, 0.5) is 0 Å². The van der Waals surface area contributed by atoms with Gasteiger partial charge in [-0.1, -0.05) is 20.8 Å². The fraction of sp³-hybridized carbons (Fsp3) is 0.917. The van der Waals surface area contributed by atoms with Gasteiger partial charge in [0.25, 0.3) is 0 Å². The summed E-state index contributed by atoms with van der Waals surface area (Å²) < 4.78 is 0. The van der Waals surface area contributed by atoms with Crippen molar-refractivity contribution in [1.82, 2.24) is 4.90 Å². The van der Waals surface area contributed by atoms with E-state index in [0.717, 1.165) is 38.8 Å². The van der Waals surface area contributed by atoms with Crippen LogP contribution in [0.5, 0.6) is 0 Å². The normalized spacial score (nSPS) is 23.3. The third-order valence-electron chi connectivity index (χ3n) is 3.02. The average Bonchev–Trinajstić information content (AvgIpc) is 2.49. The molecule has 0 aromatic rings. The molecule has 0 aliphatic carbocycles. The topological polar surface area (TPSA) is 40.5 Å². The second-order valence-corrected chi connectivity index (χ2v) is 5.70. The van der Waals surface area contributed by atoms with Crippen molar-refractivity contribution < 1.29 is 9.90 Å². The number of likely N-dealkylation sites (tertiary alicyclic amines) is 1. The molecule has 3 nitrogen and oxygen atoms in total. The summed E-state index contributed by atoms with van der Waals surface area (Å²) >= 11 is 0. The Hall–Kier alpha value is -0.570. The van der Waals surface area contributed by atoms with Gasteiger partial charge in [-0.3, -0.25) is 9.69 Å². The van der Waals surface area contributed by atoms with Crippen molar-refractivity contribution in [2.45, 2.75) is 52.5 Å². The van der Waals surface area contributed by atoms with Gasteiger partial charge in [-0.15, -0.1) is 0 Å². The van der Waals surface area contributed by atoms with Gasteiger partial charge in [-0.2, -0.15) is 0 Å². The molecule has 3 heteroatoms. The summed E-state index contributed by atoms with van der Waals surface area (Å²) in [6.07, 6.45) is 4.13. The summed E-state index contributed by atoms with van der Waals surface area (Å²) in [5.74, 6) is -0.650. The molecule has 1 heterocycles. The highest BCUT2D eigenvalue weighted by Gasteiger charge is 2.29. The van der Waals surface area contributed by atoms with Gasteiger partial charge < -0.3 is 5.11 Å². The van der Waals surface area contributed by atoms with Crippen LogP contribution >= 0.6 is 0 Å². The third-order valence-corrected chi connectivity index (χ3v) is 3.02. The second-order valence-electron chi connectivity index (χ2n) is 5.70. The first kappa shape index (κ1) is 12.5. The van der Waals surface area contributed by atoms with Crippen molar-refractivity contribution in [3.63, 3.8) is 0 Å². The molecule has 0 aromatic heterocycles. The van der Waals surface area contributed by atoms with Gasteiger partial charge in [0.05, 0.1) is 0 Å². The Labute approximate surface area is 92.5 Å². The maximum absolute atomic E-state index is 10.9. The van der Waals surface area contributed by atoms with Gasteiger partial charge in [0, 0.05) is 0 Å². The zero-order valence-corrected chi connectivity index (χ0v) is 10.1. The number of carboxylic acids is 1. The van der Waals surface area contributed by atoms with Gasteiger partial charge in [0.1, 0.15) is 6.04 Å². The number of rotatable bonds is 4. The van der Waals surface area contributed by atoms with Crippen molar-refractivity contribution >= 4 is 5.97 Å². The van der Waals surface area contributed by atoms with E-state index in [-0.39, 0.29) is 6.04 Å². The molecular formula is C12H23NO2. The molecule has 1 N–H and O–H groups in total. The van der Waals surface area contributed by atoms with E-state index in [1.54, 1.807) is 0 Å². The summed E-state index contributed by atoms with van der Waals surface area (Å²) in [6.45, 7) is 8.58. The van der Waals surface area contributed by atoms with Crippen LogP contribution in [0, 0.1) is 5.41 Å². The molecule has 1 rings (SSSR count). The van der Waals surface area contributed by atoms with E-state index < -0.39 is 5.97 Å². The molecule has 0 aromatic carbocycles. The first-order valence-corrected chi connectivity index (χ1v) is 5.87. The molecule has 0 bridgehead atoms. The van der Waals surface area contributed by atoms with Crippen LogP contribution in [-0.4, -0.2) is 35.1 Å². The molecule has 0 unspecified atom stereocenters. The summed E-state index contributed by atoms with van der Waals surface area (Å²) in [5.41, 5.74) is 0.360. The lowest BCUT2D eigenvalue weighted by Gasteiger charge is -2.23. The summed E-state index contributed by atoms with van der Waals surface area (Å²) in [4.78, 5) is 13.0. The summed E-state index contributed by atoms with van der Waals surface area (Å²) in [6, 6.07) is -0.218. The van der Waals surface area contributed by atoms with Crippen LogP contribution in [-0.2, 0) is 4.79 Å². The van der Waals surface area contributed by atoms with Gasteiger partial charge in [0.15, 0.2) is 0 Å². The highest BCUT2D eigenvalue weighted by atomic mass is 16.4. The lowest BCUT2D eigenvalue weighted by atomic mass is 9.90. The van der Waals surface area contributed by atoms with E-state index in [2.05, 4.69) is 25.7 Å². The predicted octanol–water partition coefficient (Wildman–Crippen LogP) is 2.36. The van der Waals surface area contributed by atoms with Crippen LogP contribution < -0.4 is 0 Å². The third kappa shape index (κ3) is 4.20. The smallest absolute Gasteiger partial charge is 0.320 e. The Morgan fingerprint density at radius 2 is 2.13 bits per heavy atom. The van der Waals surface area contributed by atoms with E-state index in [1.165, 1.54) is 0 Å².